The molecule has 14 nitrogen and oxygen atoms in total. The van der Waals surface area contributed by atoms with Crippen LogP contribution in [0.15, 0.2) is 0 Å². The van der Waals surface area contributed by atoms with Crippen LogP contribution < -0.4 is 53.2 Å². The summed E-state index contributed by atoms with van der Waals surface area (Å²) in [5.74, 6) is 13.4. The summed E-state index contributed by atoms with van der Waals surface area (Å²) in [5.41, 5.74) is 0.471. The number of nitrogens with one attached hydrogen (secondary N) is 10. The lowest BCUT2D eigenvalue weighted by Crippen LogP contribution is -2.51. The highest BCUT2D eigenvalue weighted by molar-refractivity contribution is 8.16. The Morgan fingerprint density at radius 1 is 0.367 bits per heavy atom. The molecule has 606 valence electrons. The summed E-state index contributed by atoms with van der Waals surface area (Å²) in [6.07, 6.45) is 7.40. The van der Waals surface area contributed by atoms with Gasteiger partial charge in [-0.25, -0.2) is 0 Å². The molecule has 18 heteroatoms. The van der Waals surface area contributed by atoms with E-state index >= 15 is 0 Å². The maximum absolute atomic E-state index is 5.50. The highest BCUT2D eigenvalue weighted by atomic mass is 32.2. The zero-order chi connectivity index (χ0) is 76.2. The van der Waals surface area contributed by atoms with Crippen LogP contribution in [0.25, 0.3) is 0 Å². The molecule has 9 aliphatic heterocycles. The fourth-order valence-corrected chi connectivity index (χ4v) is 14.7. The van der Waals surface area contributed by atoms with Crippen LogP contribution >= 0.6 is 47.0 Å². The second kappa shape index (κ2) is 92.0. The second-order valence-corrected chi connectivity index (χ2v) is 30.9. The molecule has 9 aliphatic rings. The van der Waals surface area contributed by atoms with Gasteiger partial charge in [0.05, 0.1) is 18.2 Å². The molecule has 0 amide bonds. The first-order chi connectivity index (χ1) is 46.7. The van der Waals surface area contributed by atoms with Crippen molar-refractivity contribution in [3.05, 3.63) is 0 Å². The Labute approximate surface area is 637 Å². The Morgan fingerprint density at radius 3 is 1.17 bits per heavy atom. The van der Waals surface area contributed by atoms with E-state index in [1.54, 1.807) is 0 Å². The number of piperazine rings is 2. The number of ether oxygens (including phenoxy) is 2. The number of hydrogen-bond donors (Lipinski definition) is 10. The van der Waals surface area contributed by atoms with Crippen molar-refractivity contribution in [2.75, 3.05) is 152 Å². The highest BCUT2D eigenvalue weighted by Gasteiger charge is 2.21. The first-order valence-corrected chi connectivity index (χ1v) is 45.5. The van der Waals surface area contributed by atoms with Crippen molar-refractivity contribution in [2.45, 2.75) is 317 Å². The molecule has 0 aliphatic carbocycles. The van der Waals surface area contributed by atoms with Gasteiger partial charge >= 0.3 is 0 Å². The lowest BCUT2D eigenvalue weighted by molar-refractivity contribution is 0.0459. The van der Waals surface area contributed by atoms with E-state index in [4.69, 9.17) is 9.47 Å². The van der Waals surface area contributed by atoms with Crippen molar-refractivity contribution < 1.29 is 9.47 Å². The van der Waals surface area contributed by atoms with E-state index < -0.39 is 0 Å². The average Bonchev–Trinajstić information content (AvgIpc) is 3.83. The molecule has 0 aromatic heterocycles. The van der Waals surface area contributed by atoms with Gasteiger partial charge in [-0.1, -0.05) is 215 Å². The van der Waals surface area contributed by atoms with Crippen molar-refractivity contribution in [2.24, 2.45) is 53.3 Å². The molecule has 9 fully saturated rings. The maximum Gasteiger partial charge on any atom is 0.105 e. The van der Waals surface area contributed by atoms with E-state index in [0.717, 1.165) is 113 Å². The maximum atomic E-state index is 5.50. The van der Waals surface area contributed by atoms with Crippen LogP contribution in [0, 0.1) is 53.3 Å². The van der Waals surface area contributed by atoms with Crippen LogP contribution in [0.5, 0.6) is 0 Å². The summed E-state index contributed by atoms with van der Waals surface area (Å²) in [5, 5.41) is 34.9. The van der Waals surface area contributed by atoms with Crippen molar-refractivity contribution >= 4 is 47.0 Å². The topological polar surface area (TPSA) is 145 Å². The van der Waals surface area contributed by atoms with Gasteiger partial charge in [-0.15, -0.1) is 23.5 Å². The molecule has 4 unspecified atom stereocenters. The Balaban J connectivity index is -0.000000126. The number of rotatable bonds is 9. The van der Waals surface area contributed by atoms with E-state index in [-0.39, 0.29) is 7.43 Å². The minimum Gasteiger partial charge on any atom is -0.367 e. The minimum absolute atomic E-state index is 0. The van der Waals surface area contributed by atoms with Crippen LogP contribution in [0.1, 0.15) is 275 Å². The molecule has 9 rings (SSSR count). The Bertz CT molecular complexity index is 1020. The summed E-state index contributed by atoms with van der Waals surface area (Å²) in [6, 6.07) is 2.87. The SMILES string of the molecule is C.CC.CC.CC.CC.CC.CC.CC.CC.CC(C)C1CCNCN1.CC(C)C1CCSCO1.CC(C)C1CNCCN1.CC(C)C1CNCNC1.CC(C)C1CSCSC1.CC(C)C1NCCCN1.CC(C)C1OCCCS1.CC(C)N1CCCNC1.CC(C)N1CCNCC1. The standard InChI is InChI=1S/6C7H16N2.2C7H14OS.C7H14S2.8C2H6.CH4/c1-6(2)7-3-8-5-9-4-7;1-7(2)9-5-3-8-4-6-9;1-6(2)7-5-8-3-4-9-7;1-6(2)7-3-4-8-5-9-7;1-7(2)9-5-3-4-8-6-9;1-6(2)7-8-4-3-5-9-7;1-6(2)7-3-4-9-5-8-7;1-6(2)7-8-4-3-5-9-7;1-6(2)7-3-8-5-9-4-7;8*1-2;/h6-9H,3-5H2,1-2H3;7-8H,3-6H2,1-2H3;2*6-9H,3-5H2,1-2H3;7-8H,3-6H2,1-2H3;6-9H,3-5H2,1-2H3;3*6-7H,3-5H2,1-2H3;8*1-2H3;1H4. The minimum atomic E-state index is 0. The zero-order valence-electron chi connectivity index (χ0n) is 72.1. The van der Waals surface area contributed by atoms with E-state index in [9.17, 15) is 0 Å². The Hall–Kier alpha value is 0.840. The van der Waals surface area contributed by atoms with Gasteiger partial charge in [0.2, 0.25) is 0 Å². The molecule has 10 N–H and O–H groups in total. The molecule has 9 saturated heterocycles. The van der Waals surface area contributed by atoms with Crippen LogP contribution in [0.3, 0.4) is 0 Å². The molecule has 0 saturated carbocycles. The second-order valence-electron chi connectivity index (χ2n) is 26.2. The number of thioether (sulfide) groups is 4. The highest BCUT2D eigenvalue weighted by Crippen LogP contribution is 2.30. The molecule has 98 heavy (non-hydrogen) atoms. The van der Waals surface area contributed by atoms with Gasteiger partial charge in [0, 0.05) is 121 Å². The normalized spacial score (nSPS) is 21.7. The predicted molar refractivity (Wildman–Crippen MR) is 465 cm³/mol. The summed E-state index contributed by atoms with van der Waals surface area (Å²) < 4.78 is 11.0. The van der Waals surface area contributed by atoms with Crippen molar-refractivity contribution in [3.63, 3.8) is 0 Å². The van der Waals surface area contributed by atoms with Crippen LogP contribution in [-0.4, -0.2) is 204 Å². The smallest absolute Gasteiger partial charge is 0.105 e. The summed E-state index contributed by atoms with van der Waals surface area (Å²) in [6.45, 7) is 93.1. The van der Waals surface area contributed by atoms with Crippen molar-refractivity contribution in [1.82, 2.24) is 63.0 Å². The van der Waals surface area contributed by atoms with Crippen molar-refractivity contribution in [3.8, 4) is 0 Å². The fourth-order valence-electron chi connectivity index (χ4n) is 9.79. The summed E-state index contributed by atoms with van der Waals surface area (Å²) in [4.78, 5) is 4.94. The van der Waals surface area contributed by atoms with Crippen LogP contribution in [0.2, 0.25) is 0 Å². The predicted octanol–water partition coefficient (Wildman–Crippen LogP) is 18.4. The van der Waals surface area contributed by atoms with E-state index in [2.05, 4.69) is 211 Å². The third-order valence-electron chi connectivity index (χ3n) is 16.1. The third kappa shape index (κ3) is 75.1. The van der Waals surface area contributed by atoms with E-state index in [1.165, 1.54) is 119 Å². The van der Waals surface area contributed by atoms with Gasteiger partial charge in [0.25, 0.3) is 0 Å². The van der Waals surface area contributed by atoms with Gasteiger partial charge in [0.15, 0.2) is 0 Å². The van der Waals surface area contributed by atoms with Crippen LogP contribution in [-0.2, 0) is 9.47 Å². The Kier molecular flexibility index (Phi) is 110. The largest absolute Gasteiger partial charge is 0.367 e. The molecule has 0 aromatic carbocycles. The Morgan fingerprint density at radius 2 is 0.898 bits per heavy atom. The molecule has 9 heterocycles. The lowest BCUT2D eigenvalue weighted by Gasteiger charge is -2.30. The van der Waals surface area contributed by atoms with Gasteiger partial charge in [-0.05, 0) is 162 Å². The van der Waals surface area contributed by atoms with E-state index in [1.807, 2.05) is 134 Å². The third-order valence-corrected chi connectivity index (χ3v) is 21.1. The quantitative estimate of drug-likeness (QED) is 0.107. The number of nitrogens with zero attached hydrogens (tertiary/aromatic N) is 2. The molecule has 4 atom stereocenters. The summed E-state index contributed by atoms with van der Waals surface area (Å²) >= 11 is 8.03. The summed E-state index contributed by atoms with van der Waals surface area (Å²) in [7, 11) is 0. The van der Waals surface area contributed by atoms with Crippen LogP contribution in [0.4, 0.5) is 0 Å². The first-order valence-electron chi connectivity index (χ1n) is 41.0. The van der Waals surface area contributed by atoms with Gasteiger partial charge in [-0.2, -0.15) is 23.5 Å². The lowest BCUT2D eigenvalue weighted by atomic mass is 9.95. The fraction of sp³-hybridized carbons (Fsp3) is 1.00. The average molecular weight is 1480 g/mol. The molecule has 0 bridgehead atoms. The van der Waals surface area contributed by atoms with Gasteiger partial charge in [-0.3, -0.25) is 9.80 Å². The van der Waals surface area contributed by atoms with Gasteiger partial charge in [0.1, 0.15) is 5.44 Å². The number of hydrogen-bond acceptors (Lipinski definition) is 18. The molecule has 0 aromatic rings. The zero-order valence-corrected chi connectivity index (χ0v) is 75.4. The van der Waals surface area contributed by atoms with Crippen molar-refractivity contribution in [1.29, 1.82) is 0 Å². The van der Waals surface area contributed by atoms with Gasteiger partial charge < -0.3 is 62.6 Å². The first kappa shape index (κ1) is 117. The molecular weight excluding hydrogens is 1290 g/mol. The monoisotopic (exact) mass is 1480 g/mol. The molecule has 0 spiro atoms. The van der Waals surface area contributed by atoms with E-state index in [0.29, 0.717) is 47.5 Å². The molecular formula is C80H190N12O2S4. The molecule has 0 radical (unpaired) electrons.